The summed E-state index contributed by atoms with van der Waals surface area (Å²) in [6.45, 7) is 2.74. The molecule has 102 valence electrons. The van der Waals surface area contributed by atoms with E-state index in [1.54, 1.807) is 0 Å². The maximum Gasteiger partial charge on any atom is 0.140 e. The van der Waals surface area contributed by atoms with Crippen LogP contribution in [-0.4, -0.2) is 15.9 Å². The molecule has 2 aromatic heterocycles. The van der Waals surface area contributed by atoms with Crippen molar-refractivity contribution in [1.82, 2.24) is 9.38 Å². The highest BCUT2D eigenvalue weighted by atomic mass is 15.0. The molecule has 0 saturated heterocycles. The summed E-state index contributed by atoms with van der Waals surface area (Å²) in [6, 6.07) is 14.6. The van der Waals surface area contributed by atoms with Gasteiger partial charge in [-0.05, 0) is 30.7 Å². The average molecular weight is 265 g/mol. The van der Waals surface area contributed by atoms with Gasteiger partial charge in [-0.3, -0.25) is 0 Å². The molecule has 0 aliphatic heterocycles. The zero-order valence-corrected chi connectivity index (χ0v) is 11.7. The van der Waals surface area contributed by atoms with E-state index in [1.165, 1.54) is 16.8 Å². The second-order valence-corrected chi connectivity index (χ2v) is 5.09. The molecule has 1 aromatic carbocycles. The third-order valence-corrected chi connectivity index (χ3v) is 3.62. The highest BCUT2D eigenvalue weighted by Gasteiger charge is 2.12. The minimum atomic E-state index is 0.642. The van der Waals surface area contributed by atoms with Gasteiger partial charge in [0.15, 0.2) is 0 Å². The summed E-state index contributed by atoms with van der Waals surface area (Å²) < 4.78 is 2.18. The van der Waals surface area contributed by atoms with Crippen LogP contribution in [0.15, 0.2) is 48.7 Å². The number of pyridine rings is 1. The van der Waals surface area contributed by atoms with Crippen molar-refractivity contribution < 1.29 is 0 Å². The Morgan fingerprint density at radius 2 is 1.90 bits per heavy atom. The zero-order valence-electron chi connectivity index (χ0n) is 11.7. The van der Waals surface area contributed by atoms with Crippen molar-refractivity contribution in [2.45, 2.75) is 19.8 Å². The van der Waals surface area contributed by atoms with E-state index >= 15 is 0 Å². The van der Waals surface area contributed by atoms with Crippen LogP contribution >= 0.6 is 0 Å². The van der Waals surface area contributed by atoms with Gasteiger partial charge in [0.1, 0.15) is 5.65 Å². The maximum absolute atomic E-state index is 5.77. The molecule has 0 spiro atoms. The lowest BCUT2D eigenvalue weighted by atomic mass is 10.1. The summed E-state index contributed by atoms with van der Waals surface area (Å²) >= 11 is 0. The first-order valence-corrected chi connectivity index (χ1v) is 6.99. The van der Waals surface area contributed by atoms with Crippen LogP contribution < -0.4 is 5.73 Å². The average Bonchev–Trinajstić information content (AvgIpc) is 2.80. The lowest BCUT2D eigenvalue weighted by molar-refractivity contribution is 0.881. The summed E-state index contributed by atoms with van der Waals surface area (Å²) in [6.07, 6.45) is 3.79. The molecule has 0 aliphatic carbocycles. The molecule has 20 heavy (non-hydrogen) atoms. The zero-order chi connectivity index (χ0) is 13.9. The molecule has 0 amide bonds. The van der Waals surface area contributed by atoms with Crippen molar-refractivity contribution in [2.75, 3.05) is 6.54 Å². The van der Waals surface area contributed by atoms with E-state index in [1.807, 2.05) is 6.07 Å². The molecule has 0 radical (unpaired) electrons. The topological polar surface area (TPSA) is 43.3 Å². The minimum Gasteiger partial charge on any atom is -0.330 e. The number of hydrogen-bond donors (Lipinski definition) is 1. The van der Waals surface area contributed by atoms with Gasteiger partial charge in [0.25, 0.3) is 0 Å². The fourth-order valence-corrected chi connectivity index (χ4v) is 2.63. The Morgan fingerprint density at radius 1 is 1.10 bits per heavy atom. The molecule has 3 rings (SSSR count). The van der Waals surface area contributed by atoms with E-state index in [0.29, 0.717) is 6.54 Å². The summed E-state index contributed by atoms with van der Waals surface area (Å²) in [5.41, 5.74) is 11.7. The van der Waals surface area contributed by atoms with Crippen LogP contribution in [-0.2, 0) is 12.8 Å². The molecule has 2 heterocycles. The lowest BCUT2D eigenvalue weighted by Crippen LogP contribution is -2.07. The van der Waals surface area contributed by atoms with E-state index in [2.05, 4.69) is 53.9 Å². The number of nitrogens with two attached hydrogens (primary N) is 1. The van der Waals surface area contributed by atoms with Crippen LogP contribution in [0.2, 0.25) is 0 Å². The molecule has 3 aromatic rings. The van der Waals surface area contributed by atoms with E-state index < -0.39 is 0 Å². The van der Waals surface area contributed by atoms with Crippen molar-refractivity contribution >= 4 is 5.65 Å². The first kappa shape index (κ1) is 12.9. The first-order chi connectivity index (χ1) is 9.79. The van der Waals surface area contributed by atoms with Crippen molar-refractivity contribution in [3.05, 3.63) is 71.2 Å². The van der Waals surface area contributed by atoms with Gasteiger partial charge in [-0.1, -0.05) is 36.4 Å². The van der Waals surface area contributed by atoms with E-state index in [-0.39, 0.29) is 0 Å². The molecular weight excluding hydrogens is 246 g/mol. The molecule has 0 aliphatic rings. The Balaban J connectivity index is 2.09. The van der Waals surface area contributed by atoms with Crippen molar-refractivity contribution in [3.8, 4) is 0 Å². The molecular formula is C17H19N3. The van der Waals surface area contributed by atoms with E-state index in [0.717, 1.165) is 24.2 Å². The fraction of sp³-hybridized carbons (Fsp3) is 0.235. The molecule has 0 unspecified atom stereocenters. The van der Waals surface area contributed by atoms with Crippen LogP contribution in [0.3, 0.4) is 0 Å². The van der Waals surface area contributed by atoms with Crippen LogP contribution in [0.1, 0.15) is 22.5 Å². The van der Waals surface area contributed by atoms with Crippen LogP contribution in [0.5, 0.6) is 0 Å². The number of fused-ring (bicyclic) bond motifs is 1. The second kappa shape index (κ2) is 5.47. The van der Waals surface area contributed by atoms with Crippen LogP contribution in [0.25, 0.3) is 5.65 Å². The molecule has 0 bridgehead atoms. The Hall–Kier alpha value is -2.13. The Morgan fingerprint density at radius 3 is 2.65 bits per heavy atom. The van der Waals surface area contributed by atoms with Gasteiger partial charge < -0.3 is 10.1 Å². The summed E-state index contributed by atoms with van der Waals surface area (Å²) in [4.78, 5) is 4.83. The SMILES string of the molecule is Cc1cccn2c(CCN)c(Cc3ccccc3)nc12. The predicted octanol–water partition coefficient (Wildman–Crippen LogP) is 2.73. The van der Waals surface area contributed by atoms with Crippen LogP contribution in [0, 0.1) is 6.92 Å². The van der Waals surface area contributed by atoms with E-state index in [4.69, 9.17) is 10.7 Å². The van der Waals surface area contributed by atoms with Gasteiger partial charge in [-0.15, -0.1) is 0 Å². The molecule has 3 nitrogen and oxygen atoms in total. The van der Waals surface area contributed by atoms with Gasteiger partial charge in [0.05, 0.1) is 5.69 Å². The van der Waals surface area contributed by atoms with Crippen molar-refractivity contribution in [3.63, 3.8) is 0 Å². The van der Waals surface area contributed by atoms with Gasteiger partial charge >= 0.3 is 0 Å². The number of benzene rings is 1. The highest BCUT2D eigenvalue weighted by molar-refractivity contribution is 5.51. The number of nitrogens with zero attached hydrogens (tertiary/aromatic N) is 2. The molecule has 0 saturated carbocycles. The normalized spacial score (nSPS) is 11.1. The number of aromatic nitrogens is 2. The summed E-state index contributed by atoms with van der Waals surface area (Å²) in [5.74, 6) is 0. The van der Waals surface area contributed by atoms with Gasteiger partial charge in [-0.25, -0.2) is 4.98 Å². The third-order valence-electron chi connectivity index (χ3n) is 3.62. The van der Waals surface area contributed by atoms with E-state index in [9.17, 15) is 0 Å². The van der Waals surface area contributed by atoms with Gasteiger partial charge in [0, 0.05) is 24.7 Å². The maximum atomic E-state index is 5.77. The Labute approximate surface area is 119 Å². The molecule has 3 heteroatoms. The quantitative estimate of drug-likeness (QED) is 0.788. The Bertz CT molecular complexity index is 714. The number of rotatable bonds is 4. The van der Waals surface area contributed by atoms with Crippen LogP contribution in [0.4, 0.5) is 0 Å². The second-order valence-electron chi connectivity index (χ2n) is 5.09. The van der Waals surface area contributed by atoms with Gasteiger partial charge in [0.2, 0.25) is 0 Å². The number of hydrogen-bond acceptors (Lipinski definition) is 2. The highest BCUT2D eigenvalue weighted by Crippen LogP contribution is 2.19. The largest absolute Gasteiger partial charge is 0.330 e. The molecule has 0 fully saturated rings. The first-order valence-electron chi connectivity index (χ1n) is 6.99. The molecule has 2 N–H and O–H groups in total. The lowest BCUT2D eigenvalue weighted by Gasteiger charge is -2.04. The smallest absolute Gasteiger partial charge is 0.140 e. The third kappa shape index (κ3) is 2.32. The summed E-state index contributed by atoms with van der Waals surface area (Å²) in [5, 5.41) is 0. The number of aryl methyl sites for hydroxylation is 1. The Kier molecular flexibility index (Phi) is 3.52. The standard InChI is InChI=1S/C17H19N3/c1-13-6-5-11-20-16(9-10-18)15(19-17(13)20)12-14-7-3-2-4-8-14/h2-8,11H,9-10,12,18H2,1H3. The fourth-order valence-electron chi connectivity index (χ4n) is 2.63. The molecule has 0 atom stereocenters. The van der Waals surface area contributed by atoms with Gasteiger partial charge in [-0.2, -0.15) is 0 Å². The monoisotopic (exact) mass is 265 g/mol. The number of imidazole rings is 1. The summed E-state index contributed by atoms with van der Waals surface area (Å²) in [7, 11) is 0. The van der Waals surface area contributed by atoms with Crippen molar-refractivity contribution in [1.29, 1.82) is 0 Å². The predicted molar refractivity (Wildman–Crippen MR) is 81.9 cm³/mol. The minimum absolute atomic E-state index is 0.642. The van der Waals surface area contributed by atoms with Crippen molar-refractivity contribution in [2.24, 2.45) is 5.73 Å².